The summed E-state index contributed by atoms with van der Waals surface area (Å²) >= 11 is 0. The second-order valence-electron chi connectivity index (χ2n) is 4.90. The number of benzene rings is 1. The number of nitro benzene ring substituents is 1. The molecular weight excluding hydrogens is 264 g/mol. The van der Waals surface area contributed by atoms with Gasteiger partial charge in [0.1, 0.15) is 5.54 Å². The Balaban J connectivity index is 2.60. The van der Waals surface area contributed by atoms with Crippen molar-refractivity contribution in [3.8, 4) is 5.75 Å². The average Bonchev–Trinajstić information content (AvgIpc) is 2.34. The molecule has 0 saturated heterocycles. The number of nitrogens with two attached hydrogens (primary N) is 1. The van der Waals surface area contributed by atoms with Crippen LogP contribution in [0.25, 0.3) is 0 Å². The van der Waals surface area contributed by atoms with Gasteiger partial charge in [-0.25, -0.2) is 0 Å². The van der Waals surface area contributed by atoms with E-state index in [4.69, 9.17) is 15.6 Å². The Morgan fingerprint density at radius 2 is 2.20 bits per heavy atom. The Morgan fingerprint density at radius 1 is 1.55 bits per heavy atom. The van der Waals surface area contributed by atoms with Gasteiger partial charge in [-0.05, 0) is 38.3 Å². The zero-order valence-corrected chi connectivity index (χ0v) is 11.5. The number of carboxylic acid groups (broad SMARTS) is 1. The number of ether oxygens (including phenoxy) is 1. The van der Waals surface area contributed by atoms with Gasteiger partial charge in [0.15, 0.2) is 5.75 Å². The predicted molar refractivity (Wildman–Crippen MR) is 72.8 cm³/mol. The first-order valence-electron chi connectivity index (χ1n) is 6.14. The summed E-state index contributed by atoms with van der Waals surface area (Å²) in [5.41, 5.74) is 5.00. The van der Waals surface area contributed by atoms with E-state index in [-0.39, 0.29) is 24.5 Å². The van der Waals surface area contributed by atoms with Crippen LogP contribution < -0.4 is 10.5 Å². The van der Waals surface area contributed by atoms with Gasteiger partial charge in [-0.3, -0.25) is 14.9 Å². The lowest BCUT2D eigenvalue weighted by molar-refractivity contribution is -0.385. The average molecular weight is 282 g/mol. The number of nitrogens with zero attached hydrogens (tertiary/aromatic N) is 1. The lowest BCUT2D eigenvalue weighted by Crippen LogP contribution is -2.44. The Bertz CT molecular complexity index is 513. The van der Waals surface area contributed by atoms with Crippen LogP contribution in [0.2, 0.25) is 0 Å². The van der Waals surface area contributed by atoms with E-state index in [1.165, 1.54) is 13.0 Å². The summed E-state index contributed by atoms with van der Waals surface area (Å²) in [6, 6.07) is 4.60. The zero-order valence-electron chi connectivity index (χ0n) is 11.5. The number of nitro groups is 1. The minimum atomic E-state index is -1.32. The van der Waals surface area contributed by atoms with Crippen molar-refractivity contribution in [3.63, 3.8) is 0 Å². The molecule has 0 radical (unpaired) electrons. The van der Waals surface area contributed by atoms with E-state index in [1.54, 1.807) is 19.1 Å². The first-order chi connectivity index (χ1) is 9.24. The Hall–Kier alpha value is -2.15. The quantitative estimate of drug-likeness (QED) is 0.448. The normalized spacial score (nSPS) is 13.6. The summed E-state index contributed by atoms with van der Waals surface area (Å²) in [5.74, 6) is -0.900. The summed E-state index contributed by atoms with van der Waals surface area (Å²) < 4.78 is 5.36. The molecular formula is C13H18N2O5. The molecule has 1 aromatic carbocycles. The van der Waals surface area contributed by atoms with Crippen LogP contribution in [0.1, 0.15) is 25.3 Å². The van der Waals surface area contributed by atoms with Gasteiger partial charge in [0, 0.05) is 6.07 Å². The van der Waals surface area contributed by atoms with E-state index >= 15 is 0 Å². The summed E-state index contributed by atoms with van der Waals surface area (Å²) in [5, 5.41) is 19.7. The molecule has 3 N–H and O–H groups in total. The molecule has 0 spiro atoms. The molecule has 1 unspecified atom stereocenters. The van der Waals surface area contributed by atoms with Crippen molar-refractivity contribution in [2.24, 2.45) is 5.73 Å². The lowest BCUT2D eigenvalue weighted by atomic mass is 9.98. The third-order valence-electron chi connectivity index (χ3n) is 2.90. The fraction of sp³-hybridized carbons (Fsp3) is 0.462. The third kappa shape index (κ3) is 4.20. The van der Waals surface area contributed by atoms with Crippen LogP contribution in [0.5, 0.6) is 5.75 Å². The van der Waals surface area contributed by atoms with Crippen LogP contribution in [-0.4, -0.2) is 28.1 Å². The van der Waals surface area contributed by atoms with Gasteiger partial charge in [0.25, 0.3) is 0 Å². The van der Waals surface area contributed by atoms with Gasteiger partial charge < -0.3 is 15.6 Å². The van der Waals surface area contributed by atoms with Gasteiger partial charge in [-0.1, -0.05) is 6.07 Å². The molecule has 1 atom stereocenters. The van der Waals surface area contributed by atoms with E-state index in [1.807, 2.05) is 0 Å². The van der Waals surface area contributed by atoms with E-state index in [9.17, 15) is 14.9 Å². The van der Waals surface area contributed by atoms with Gasteiger partial charge in [0.05, 0.1) is 11.5 Å². The largest absolute Gasteiger partial charge is 0.487 e. The third-order valence-corrected chi connectivity index (χ3v) is 2.90. The highest BCUT2D eigenvalue weighted by Gasteiger charge is 2.27. The summed E-state index contributed by atoms with van der Waals surface area (Å²) in [6.45, 7) is 3.40. The van der Waals surface area contributed by atoms with Crippen molar-refractivity contribution in [3.05, 3.63) is 33.9 Å². The highest BCUT2D eigenvalue weighted by molar-refractivity contribution is 5.77. The van der Waals surface area contributed by atoms with Crippen molar-refractivity contribution < 1.29 is 19.6 Å². The molecule has 0 aliphatic rings. The van der Waals surface area contributed by atoms with Crippen LogP contribution in [0.3, 0.4) is 0 Å². The van der Waals surface area contributed by atoms with Crippen molar-refractivity contribution in [1.29, 1.82) is 0 Å². The minimum Gasteiger partial charge on any atom is -0.487 e. The number of aryl methyl sites for hydroxylation is 1. The standard InChI is InChI=1S/C13H18N2O5/c1-9-4-5-10(15(18)19)11(8-9)20-7-3-6-13(2,14)12(16)17/h4-5,8H,3,6-7,14H2,1-2H3,(H,16,17). The SMILES string of the molecule is Cc1ccc([N+](=O)[O-])c(OCCCC(C)(N)C(=O)O)c1. The van der Waals surface area contributed by atoms with E-state index < -0.39 is 16.4 Å². The zero-order chi connectivity index (χ0) is 15.3. The Kier molecular flexibility index (Phi) is 5.04. The molecule has 0 saturated carbocycles. The molecule has 1 rings (SSSR count). The summed E-state index contributed by atoms with van der Waals surface area (Å²) in [4.78, 5) is 21.1. The molecule has 7 nitrogen and oxygen atoms in total. The maximum Gasteiger partial charge on any atom is 0.323 e. The highest BCUT2D eigenvalue weighted by atomic mass is 16.6. The fourth-order valence-corrected chi connectivity index (χ4v) is 1.62. The Morgan fingerprint density at radius 3 is 2.75 bits per heavy atom. The van der Waals surface area contributed by atoms with Crippen LogP contribution in [0.15, 0.2) is 18.2 Å². The monoisotopic (exact) mass is 282 g/mol. The van der Waals surface area contributed by atoms with Crippen LogP contribution in [-0.2, 0) is 4.79 Å². The smallest absolute Gasteiger partial charge is 0.323 e. The molecule has 0 heterocycles. The molecule has 1 aromatic rings. The molecule has 0 aromatic heterocycles. The minimum absolute atomic E-state index is 0.107. The number of hydrogen-bond acceptors (Lipinski definition) is 5. The highest BCUT2D eigenvalue weighted by Crippen LogP contribution is 2.28. The molecule has 0 bridgehead atoms. The van der Waals surface area contributed by atoms with Crippen molar-refractivity contribution in [2.45, 2.75) is 32.2 Å². The number of carbonyl (C=O) groups is 1. The number of hydrogen-bond donors (Lipinski definition) is 2. The second kappa shape index (κ2) is 6.33. The number of rotatable bonds is 7. The maximum absolute atomic E-state index is 10.8. The number of aliphatic carboxylic acids is 1. The molecule has 0 aliphatic heterocycles. The molecule has 110 valence electrons. The van der Waals surface area contributed by atoms with Crippen LogP contribution in [0.4, 0.5) is 5.69 Å². The maximum atomic E-state index is 10.8. The fourth-order valence-electron chi connectivity index (χ4n) is 1.62. The predicted octanol–water partition coefficient (Wildman–Crippen LogP) is 1.86. The van der Waals surface area contributed by atoms with Gasteiger partial charge in [-0.2, -0.15) is 0 Å². The molecule has 7 heteroatoms. The van der Waals surface area contributed by atoms with Crippen molar-refractivity contribution in [1.82, 2.24) is 0 Å². The van der Waals surface area contributed by atoms with E-state index in [0.717, 1.165) is 5.56 Å². The van der Waals surface area contributed by atoms with Gasteiger partial charge >= 0.3 is 11.7 Å². The summed E-state index contributed by atoms with van der Waals surface area (Å²) in [7, 11) is 0. The molecule has 0 aliphatic carbocycles. The van der Waals surface area contributed by atoms with E-state index in [2.05, 4.69) is 0 Å². The van der Waals surface area contributed by atoms with Gasteiger partial charge in [0.2, 0.25) is 0 Å². The lowest BCUT2D eigenvalue weighted by Gasteiger charge is -2.18. The molecule has 0 amide bonds. The Labute approximate surface area is 116 Å². The first-order valence-corrected chi connectivity index (χ1v) is 6.14. The van der Waals surface area contributed by atoms with Crippen LogP contribution >= 0.6 is 0 Å². The first kappa shape index (κ1) is 15.9. The van der Waals surface area contributed by atoms with Crippen molar-refractivity contribution >= 4 is 11.7 Å². The van der Waals surface area contributed by atoms with Crippen LogP contribution in [0, 0.1) is 17.0 Å². The summed E-state index contributed by atoms with van der Waals surface area (Å²) in [6.07, 6.45) is 0.617. The number of carboxylic acids is 1. The van der Waals surface area contributed by atoms with Gasteiger partial charge in [-0.15, -0.1) is 0 Å². The molecule has 0 fully saturated rings. The van der Waals surface area contributed by atoms with E-state index in [0.29, 0.717) is 6.42 Å². The second-order valence-corrected chi connectivity index (χ2v) is 4.90. The topological polar surface area (TPSA) is 116 Å². The van der Waals surface area contributed by atoms with Crippen molar-refractivity contribution in [2.75, 3.05) is 6.61 Å². The molecule has 20 heavy (non-hydrogen) atoms.